The summed E-state index contributed by atoms with van der Waals surface area (Å²) in [6.45, 7) is 12.3. The summed E-state index contributed by atoms with van der Waals surface area (Å²) in [7, 11) is -2.17. The minimum atomic E-state index is -2.17. The van der Waals surface area contributed by atoms with Crippen molar-refractivity contribution >= 4 is 34.5 Å². The third kappa shape index (κ3) is 4.69. The summed E-state index contributed by atoms with van der Waals surface area (Å²) in [5.41, 5.74) is 3.64. The molecule has 0 aliphatic heterocycles. The van der Waals surface area contributed by atoms with E-state index >= 15 is 0 Å². The van der Waals surface area contributed by atoms with Crippen molar-refractivity contribution < 1.29 is 9.90 Å². The molecule has 0 saturated heterocycles. The molecule has 1 N–H and O–H groups in total. The maximum atomic E-state index is 13.0. The molecule has 1 aliphatic rings. The number of benzene rings is 3. The SMILES string of the molecule is C=CC(C)=CC[P+](c1ccccc1)(c1ccccc1)c1ccccc1C1=C(C)C(=O)C(O)CC1(C)C. The third-order valence-electron chi connectivity index (χ3n) is 7.42. The number of carbonyl (C=O) groups is 1. The molecule has 1 atom stereocenters. The zero-order valence-corrected chi connectivity index (χ0v) is 22.6. The predicted molar refractivity (Wildman–Crippen MR) is 156 cm³/mol. The maximum Gasteiger partial charge on any atom is 0.187 e. The predicted octanol–water partition coefficient (Wildman–Crippen LogP) is 6.25. The highest BCUT2D eigenvalue weighted by Crippen LogP contribution is 2.58. The minimum absolute atomic E-state index is 0.162. The number of hydrogen-bond acceptors (Lipinski definition) is 2. The van der Waals surface area contributed by atoms with E-state index < -0.39 is 13.4 Å². The van der Waals surface area contributed by atoms with Crippen molar-refractivity contribution in [3.63, 3.8) is 0 Å². The number of aliphatic hydroxyl groups is 1. The van der Waals surface area contributed by atoms with Crippen LogP contribution in [0.3, 0.4) is 0 Å². The van der Waals surface area contributed by atoms with Gasteiger partial charge in [0.25, 0.3) is 0 Å². The highest BCUT2D eigenvalue weighted by Gasteiger charge is 2.48. The number of allylic oxidation sites excluding steroid dienone is 4. The standard InChI is InChI=1S/C33H36O2P/c1-6-24(2)21-22-36(26-15-9-7-10-16-26,27-17-11-8-12-18-27)30-20-14-13-19-28(30)31-25(3)32(35)29(34)23-33(31,4)5/h6-21,29,34H,1,22-23H2,2-5H3/q+1. The summed E-state index contributed by atoms with van der Waals surface area (Å²) in [5.74, 6) is -0.162. The summed E-state index contributed by atoms with van der Waals surface area (Å²) in [5, 5.41) is 14.4. The molecule has 0 bridgehead atoms. The van der Waals surface area contributed by atoms with Gasteiger partial charge in [0.15, 0.2) is 5.78 Å². The van der Waals surface area contributed by atoms with Gasteiger partial charge in [0.2, 0.25) is 0 Å². The van der Waals surface area contributed by atoms with Gasteiger partial charge in [0.1, 0.15) is 29.3 Å². The lowest BCUT2D eigenvalue weighted by Crippen LogP contribution is -2.39. The van der Waals surface area contributed by atoms with Gasteiger partial charge >= 0.3 is 0 Å². The first-order valence-corrected chi connectivity index (χ1v) is 14.5. The second-order valence-electron chi connectivity index (χ2n) is 10.3. The van der Waals surface area contributed by atoms with E-state index in [2.05, 4.69) is 118 Å². The molecule has 0 heterocycles. The Balaban J connectivity index is 2.12. The number of rotatable bonds is 7. The molecule has 184 valence electrons. The van der Waals surface area contributed by atoms with Crippen LogP contribution in [-0.4, -0.2) is 23.2 Å². The second kappa shape index (κ2) is 10.5. The van der Waals surface area contributed by atoms with E-state index in [4.69, 9.17) is 0 Å². The van der Waals surface area contributed by atoms with E-state index in [0.29, 0.717) is 12.0 Å². The molecular weight excluding hydrogens is 459 g/mol. The van der Waals surface area contributed by atoms with Crippen molar-refractivity contribution in [2.45, 2.75) is 40.2 Å². The molecule has 4 rings (SSSR count). The maximum absolute atomic E-state index is 13.0. The molecule has 0 saturated carbocycles. The number of aliphatic hydroxyl groups excluding tert-OH is 1. The van der Waals surface area contributed by atoms with Crippen LogP contribution in [-0.2, 0) is 4.79 Å². The summed E-state index contributed by atoms with van der Waals surface area (Å²) in [6.07, 6.45) is 4.54. The van der Waals surface area contributed by atoms with E-state index in [9.17, 15) is 9.90 Å². The van der Waals surface area contributed by atoms with Crippen LogP contribution in [0.5, 0.6) is 0 Å². The van der Waals surface area contributed by atoms with Crippen molar-refractivity contribution in [2.75, 3.05) is 6.16 Å². The summed E-state index contributed by atoms with van der Waals surface area (Å²) < 4.78 is 0. The molecular formula is C33H36O2P+. The topological polar surface area (TPSA) is 37.3 Å². The van der Waals surface area contributed by atoms with Crippen molar-refractivity contribution in [3.05, 3.63) is 120 Å². The Morgan fingerprint density at radius 3 is 2.06 bits per heavy atom. The number of carbonyl (C=O) groups excluding carboxylic acids is 1. The molecule has 3 aromatic carbocycles. The quantitative estimate of drug-likeness (QED) is 0.311. The largest absolute Gasteiger partial charge is 0.385 e. The average Bonchev–Trinajstić information content (AvgIpc) is 2.89. The van der Waals surface area contributed by atoms with Gasteiger partial charge in [-0.05, 0) is 73.2 Å². The molecule has 0 fully saturated rings. The van der Waals surface area contributed by atoms with Gasteiger partial charge in [0.05, 0.1) is 6.16 Å². The fourth-order valence-corrected chi connectivity index (χ4v) is 9.94. The van der Waals surface area contributed by atoms with Crippen LogP contribution in [0.4, 0.5) is 0 Å². The molecule has 36 heavy (non-hydrogen) atoms. The smallest absolute Gasteiger partial charge is 0.187 e. The summed E-state index contributed by atoms with van der Waals surface area (Å²) in [4.78, 5) is 13.0. The fraction of sp³-hybridized carbons (Fsp3) is 0.242. The number of ketones is 1. The van der Waals surface area contributed by atoms with Gasteiger partial charge in [-0.3, -0.25) is 4.79 Å². The first-order valence-electron chi connectivity index (χ1n) is 12.5. The fourth-order valence-electron chi connectivity index (χ4n) is 5.61. The van der Waals surface area contributed by atoms with E-state index in [1.165, 1.54) is 15.9 Å². The summed E-state index contributed by atoms with van der Waals surface area (Å²) in [6, 6.07) is 30.2. The average molecular weight is 496 g/mol. The monoisotopic (exact) mass is 495 g/mol. The van der Waals surface area contributed by atoms with E-state index in [-0.39, 0.29) is 11.2 Å². The lowest BCUT2D eigenvalue weighted by atomic mass is 9.69. The van der Waals surface area contributed by atoms with Crippen LogP contribution in [0.2, 0.25) is 0 Å². The third-order valence-corrected chi connectivity index (χ3v) is 11.7. The lowest BCUT2D eigenvalue weighted by Gasteiger charge is -2.38. The van der Waals surface area contributed by atoms with Crippen molar-refractivity contribution in [1.29, 1.82) is 0 Å². The van der Waals surface area contributed by atoms with E-state index in [0.717, 1.165) is 22.9 Å². The molecule has 2 nitrogen and oxygen atoms in total. The first kappa shape index (κ1) is 26.0. The molecule has 0 spiro atoms. The summed E-state index contributed by atoms with van der Waals surface area (Å²) >= 11 is 0. The van der Waals surface area contributed by atoms with Crippen LogP contribution >= 0.6 is 7.26 Å². The van der Waals surface area contributed by atoms with Crippen molar-refractivity contribution in [3.8, 4) is 0 Å². The van der Waals surface area contributed by atoms with Gasteiger partial charge in [-0.2, -0.15) is 0 Å². The molecule has 3 heteroatoms. The van der Waals surface area contributed by atoms with Crippen LogP contribution in [0.25, 0.3) is 5.57 Å². The van der Waals surface area contributed by atoms with Crippen LogP contribution in [0.1, 0.15) is 39.7 Å². The van der Waals surface area contributed by atoms with Crippen molar-refractivity contribution in [2.24, 2.45) is 5.41 Å². The number of hydrogen-bond donors (Lipinski definition) is 1. The highest BCUT2D eigenvalue weighted by atomic mass is 31.2. The molecule has 1 aliphatic carbocycles. The van der Waals surface area contributed by atoms with Crippen LogP contribution in [0.15, 0.2) is 115 Å². The molecule has 0 amide bonds. The zero-order valence-electron chi connectivity index (χ0n) is 21.7. The van der Waals surface area contributed by atoms with Gasteiger partial charge in [0, 0.05) is 5.56 Å². The molecule has 3 aromatic rings. The zero-order chi connectivity index (χ0) is 25.9. The Morgan fingerprint density at radius 2 is 1.50 bits per heavy atom. The molecule has 1 unspecified atom stereocenters. The van der Waals surface area contributed by atoms with Crippen LogP contribution in [0, 0.1) is 5.41 Å². The van der Waals surface area contributed by atoms with Gasteiger partial charge in [-0.1, -0.05) is 86.7 Å². The first-order chi connectivity index (χ1) is 17.2. The van der Waals surface area contributed by atoms with Gasteiger partial charge in [-0.15, -0.1) is 0 Å². The van der Waals surface area contributed by atoms with Gasteiger partial charge in [-0.25, -0.2) is 0 Å². The Labute approximate surface area is 216 Å². The van der Waals surface area contributed by atoms with Crippen molar-refractivity contribution in [1.82, 2.24) is 0 Å². The lowest BCUT2D eigenvalue weighted by molar-refractivity contribution is -0.125. The second-order valence-corrected chi connectivity index (χ2v) is 13.8. The Bertz CT molecular complexity index is 1280. The normalized spacial score (nSPS) is 18.3. The Morgan fingerprint density at radius 1 is 0.972 bits per heavy atom. The Kier molecular flexibility index (Phi) is 7.59. The molecule has 0 radical (unpaired) electrons. The Hall–Kier alpha value is -3.06. The van der Waals surface area contributed by atoms with Crippen LogP contribution < -0.4 is 15.9 Å². The highest BCUT2D eigenvalue weighted by molar-refractivity contribution is 7.96. The van der Waals surface area contributed by atoms with E-state index in [1.807, 2.05) is 13.0 Å². The van der Waals surface area contributed by atoms with E-state index in [1.54, 1.807) is 0 Å². The van der Waals surface area contributed by atoms with Gasteiger partial charge < -0.3 is 5.11 Å². The molecule has 0 aromatic heterocycles. The number of Topliss-reactive ketones (excluding diaryl/α,β-unsaturated/α-hetero) is 1. The minimum Gasteiger partial charge on any atom is -0.385 e.